The van der Waals surface area contributed by atoms with E-state index in [0.29, 0.717) is 6.54 Å². The summed E-state index contributed by atoms with van der Waals surface area (Å²) in [4.78, 5) is 25.1. The highest BCUT2D eigenvalue weighted by Gasteiger charge is 2.41. The highest BCUT2D eigenvalue weighted by molar-refractivity contribution is 6.08. The van der Waals surface area contributed by atoms with Gasteiger partial charge in [-0.15, -0.1) is 0 Å². The molecule has 0 radical (unpaired) electrons. The van der Waals surface area contributed by atoms with Crippen molar-refractivity contribution in [2.24, 2.45) is 5.73 Å². The summed E-state index contributed by atoms with van der Waals surface area (Å²) in [6, 6.07) is 8.60. The third-order valence-electron chi connectivity index (χ3n) is 3.17. The summed E-state index contributed by atoms with van der Waals surface area (Å²) in [6.07, 6.45) is 0. The predicted molar refractivity (Wildman–Crippen MR) is 70.3 cm³/mol. The zero-order chi connectivity index (χ0) is 14.0. The van der Waals surface area contributed by atoms with Crippen LogP contribution in [0.1, 0.15) is 18.5 Å². The van der Waals surface area contributed by atoms with Gasteiger partial charge in [-0.1, -0.05) is 30.3 Å². The van der Waals surface area contributed by atoms with Crippen molar-refractivity contribution in [1.29, 1.82) is 0 Å². The van der Waals surface area contributed by atoms with E-state index in [1.54, 1.807) is 0 Å². The Morgan fingerprint density at radius 1 is 1.37 bits per heavy atom. The molecule has 0 aromatic heterocycles. The molecule has 0 saturated carbocycles. The molecule has 1 aliphatic rings. The van der Waals surface area contributed by atoms with E-state index in [4.69, 9.17) is 5.73 Å². The Balaban J connectivity index is 2.51. The van der Waals surface area contributed by atoms with Crippen LogP contribution in [0.25, 0.3) is 0 Å². The minimum absolute atomic E-state index is 0.143. The van der Waals surface area contributed by atoms with E-state index >= 15 is 0 Å². The largest absolute Gasteiger partial charge is 0.503 e. The molecule has 1 aromatic carbocycles. The molecule has 1 aromatic rings. The normalized spacial score (nSPS) is 19.2. The predicted octanol–water partition coefficient (Wildman–Crippen LogP) is 0.930. The molecule has 0 spiro atoms. The Kier molecular flexibility index (Phi) is 3.66. The lowest BCUT2D eigenvalue weighted by atomic mass is 9.97. The second-order valence-corrected chi connectivity index (χ2v) is 4.42. The van der Waals surface area contributed by atoms with E-state index in [0.717, 1.165) is 5.56 Å². The quantitative estimate of drug-likeness (QED) is 0.843. The Bertz CT molecular complexity index is 537. The number of hydrogen-bond donors (Lipinski definition) is 2. The van der Waals surface area contributed by atoms with Gasteiger partial charge in [0.25, 0.3) is 5.91 Å². The molecule has 5 nitrogen and oxygen atoms in total. The first kappa shape index (κ1) is 13.3. The highest BCUT2D eigenvalue weighted by atomic mass is 16.3. The number of Topliss-reactive ketones (excluding diaryl/α,β-unsaturated/α-hetero) is 1. The molecule has 1 heterocycles. The van der Waals surface area contributed by atoms with E-state index < -0.39 is 17.7 Å². The smallest absolute Gasteiger partial charge is 0.290 e. The van der Waals surface area contributed by atoms with Crippen LogP contribution in [-0.4, -0.2) is 34.8 Å². The fraction of sp³-hybridized carbons (Fsp3) is 0.286. The van der Waals surface area contributed by atoms with Gasteiger partial charge in [-0.05, 0) is 12.5 Å². The number of benzene rings is 1. The Morgan fingerprint density at radius 3 is 2.53 bits per heavy atom. The second kappa shape index (κ2) is 5.24. The van der Waals surface area contributed by atoms with Crippen LogP contribution >= 0.6 is 0 Å². The van der Waals surface area contributed by atoms with Crippen LogP contribution in [-0.2, 0) is 9.59 Å². The Labute approximate surface area is 111 Å². The molecule has 3 N–H and O–H groups in total. The number of carbonyl (C=O) groups excluding carboxylic acids is 2. The molecule has 1 aliphatic heterocycles. The average Bonchev–Trinajstić information content (AvgIpc) is 2.65. The topological polar surface area (TPSA) is 83.6 Å². The van der Waals surface area contributed by atoms with Gasteiger partial charge in [0, 0.05) is 13.1 Å². The van der Waals surface area contributed by atoms with Crippen molar-refractivity contribution in [3.63, 3.8) is 0 Å². The third-order valence-corrected chi connectivity index (χ3v) is 3.17. The lowest BCUT2D eigenvalue weighted by Crippen LogP contribution is -2.35. The van der Waals surface area contributed by atoms with Crippen molar-refractivity contribution in [1.82, 2.24) is 4.90 Å². The molecule has 0 saturated heterocycles. The molecule has 19 heavy (non-hydrogen) atoms. The zero-order valence-corrected chi connectivity index (χ0v) is 10.7. The number of aliphatic hydroxyl groups excluding tert-OH is 1. The van der Waals surface area contributed by atoms with Gasteiger partial charge >= 0.3 is 0 Å². The van der Waals surface area contributed by atoms with Gasteiger partial charge in [-0.3, -0.25) is 9.59 Å². The summed E-state index contributed by atoms with van der Waals surface area (Å²) in [5.41, 5.74) is 6.43. The molecule has 0 bridgehead atoms. The first-order valence-electron chi connectivity index (χ1n) is 6.08. The van der Waals surface area contributed by atoms with Gasteiger partial charge in [0.2, 0.25) is 0 Å². The average molecular weight is 260 g/mol. The van der Waals surface area contributed by atoms with Gasteiger partial charge in [0.05, 0.1) is 11.6 Å². The Hall–Kier alpha value is -2.14. The summed E-state index contributed by atoms with van der Waals surface area (Å²) in [5.74, 6) is -1.31. The van der Waals surface area contributed by atoms with Crippen molar-refractivity contribution >= 4 is 11.7 Å². The first-order chi connectivity index (χ1) is 9.07. The number of nitrogens with zero attached hydrogens (tertiary/aromatic N) is 1. The van der Waals surface area contributed by atoms with Crippen LogP contribution in [0.4, 0.5) is 0 Å². The van der Waals surface area contributed by atoms with E-state index in [2.05, 4.69) is 0 Å². The van der Waals surface area contributed by atoms with Crippen molar-refractivity contribution in [2.75, 3.05) is 13.1 Å². The number of carbonyl (C=O) groups is 2. The van der Waals surface area contributed by atoms with Gasteiger partial charge in [-0.25, -0.2) is 0 Å². The minimum Gasteiger partial charge on any atom is -0.503 e. The van der Waals surface area contributed by atoms with Crippen LogP contribution in [0.15, 0.2) is 41.7 Å². The monoisotopic (exact) mass is 260 g/mol. The van der Waals surface area contributed by atoms with Gasteiger partial charge in [-0.2, -0.15) is 0 Å². The molecule has 100 valence electrons. The van der Waals surface area contributed by atoms with E-state index in [-0.39, 0.29) is 17.9 Å². The standard InChI is InChI=1S/C14H16N2O3/c1-9(17)11-12(10-5-3-2-4-6-10)16(8-7-15)14(19)13(11)18/h2-6,12,18H,7-8,15H2,1H3/t12-/m1/s1. The number of amides is 1. The number of aliphatic hydroxyl groups is 1. The number of ketones is 1. The van der Waals surface area contributed by atoms with Crippen LogP contribution in [0.2, 0.25) is 0 Å². The van der Waals surface area contributed by atoms with Gasteiger partial charge in [0.15, 0.2) is 11.5 Å². The third kappa shape index (κ3) is 2.24. The fourth-order valence-electron chi connectivity index (χ4n) is 2.36. The summed E-state index contributed by atoms with van der Waals surface area (Å²) in [7, 11) is 0. The van der Waals surface area contributed by atoms with Crippen molar-refractivity contribution in [3.05, 3.63) is 47.2 Å². The maximum absolute atomic E-state index is 12.0. The molecule has 1 atom stereocenters. The van der Waals surface area contributed by atoms with Crippen LogP contribution in [0.3, 0.4) is 0 Å². The molecule has 0 aliphatic carbocycles. The summed E-state index contributed by atoms with van der Waals surface area (Å²) < 4.78 is 0. The minimum atomic E-state index is -0.547. The summed E-state index contributed by atoms with van der Waals surface area (Å²) >= 11 is 0. The SMILES string of the molecule is CC(=O)C1=C(O)C(=O)N(CCN)[C@@H]1c1ccccc1. The highest BCUT2D eigenvalue weighted by Crippen LogP contribution is 2.36. The molecule has 0 fully saturated rings. The van der Waals surface area contributed by atoms with Crippen LogP contribution in [0.5, 0.6) is 0 Å². The number of hydrogen-bond acceptors (Lipinski definition) is 4. The van der Waals surface area contributed by atoms with Crippen molar-refractivity contribution in [3.8, 4) is 0 Å². The second-order valence-electron chi connectivity index (χ2n) is 4.42. The van der Waals surface area contributed by atoms with Crippen LogP contribution < -0.4 is 5.73 Å². The van der Waals surface area contributed by atoms with Gasteiger partial charge in [0.1, 0.15) is 0 Å². The van der Waals surface area contributed by atoms with Crippen molar-refractivity contribution < 1.29 is 14.7 Å². The zero-order valence-electron chi connectivity index (χ0n) is 10.7. The Morgan fingerprint density at radius 2 is 2.00 bits per heavy atom. The molecular formula is C14H16N2O3. The maximum Gasteiger partial charge on any atom is 0.290 e. The molecule has 0 unspecified atom stereocenters. The molecule has 5 heteroatoms. The number of nitrogens with two attached hydrogens (primary N) is 1. The number of rotatable bonds is 4. The van der Waals surface area contributed by atoms with E-state index in [1.165, 1.54) is 11.8 Å². The van der Waals surface area contributed by atoms with Gasteiger partial charge < -0.3 is 15.7 Å². The first-order valence-corrected chi connectivity index (χ1v) is 6.08. The van der Waals surface area contributed by atoms with E-state index in [1.807, 2.05) is 30.3 Å². The molecule has 2 rings (SSSR count). The lowest BCUT2D eigenvalue weighted by Gasteiger charge is -2.25. The summed E-state index contributed by atoms with van der Waals surface area (Å²) in [5, 5.41) is 9.88. The van der Waals surface area contributed by atoms with Crippen molar-refractivity contribution in [2.45, 2.75) is 13.0 Å². The molecule has 1 amide bonds. The maximum atomic E-state index is 12.0. The fourth-order valence-corrected chi connectivity index (χ4v) is 2.36. The summed E-state index contributed by atoms with van der Waals surface area (Å²) in [6.45, 7) is 1.91. The lowest BCUT2D eigenvalue weighted by molar-refractivity contribution is -0.129. The van der Waals surface area contributed by atoms with Crippen LogP contribution in [0, 0.1) is 0 Å². The molecular weight excluding hydrogens is 244 g/mol. The van der Waals surface area contributed by atoms with E-state index in [9.17, 15) is 14.7 Å².